The number of aliphatic carboxylic acids is 1. The third-order valence-corrected chi connectivity index (χ3v) is 5.48. The number of nitrogens with zero attached hydrogens (tertiary/aromatic N) is 3. The fraction of sp³-hybridized carbons (Fsp3) is 0.316. The number of carbonyl (C=O) groups is 2. The van der Waals surface area contributed by atoms with Crippen molar-refractivity contribution in [2.24, 2.45) is 0 Å². The van der Waals surface area contributed by atoms with Crippen molar-refractivity contribution in [3.63, 3.8) is 0 Å². The van der Waals surface area contributed by atoms with Crippen LogP contribution in [-0.4, -0.2) is 44.8 Å². The average Bonchev–Trinajstić information content (AvgIpc) is 3.54. The molecule has 0 spiro atoms. The van der Waals surface area contributed by atoms with Gasteiger partial charge in [-0.3, -0.25) is 9.78 Å². The number of thiophene rings is 1. The number of nitrogens with one attached hydrogen (secondary N) is 2. The van der Waals surface area contributed by atoms with Crippen molar-refractivity contribution in [3.05, 3.63) is 52.3 Å². The van der Waals surface area contributed by atoms with Crippen molar-refractivity contribution in [2.75, 3.05) is 6.54 Å². The summed E-state index contributed by atoms with van der Waals surface area (Å²) in [4.78, 5) is 31.4. The van der Waals surface area contributed by atoms with Gasteiger partial charge in [-0.05, 0) is 43.7 Å². The molecule has 13 heteroatoms. The molecule has 0 aromatic carbocycles. The van der Waals surface area contributed by atoms with E-state index in [4.69, 9.17) is 14.4 Å². The first kappa shape index (κ1) is 23.3. The van der Waals surface area contributed by atoms with Crippen molar-refractivity contribution in [3.8, 4) is 11.4 Å². The highest BCUT2D eigenvalue weighted by Gasteiger charge is 2.38. The number of rotatable bonds is 5. The molecule has 1 fully saturated rings. The van der Waals surface area contributed by atoms with E-state index in [-0.39, 0.29) is 12.5 Å². The van der Waals surface area contributed by atoms with Gasteiger partial charge in [0.05, 0.1) is 11.4 Å². The second-order valence-corrected chi connectivity index (χ2v) is 7.71. The maximum atomic E-state index is 12.3. The highest BCUT2D eigenvalue weighted by Crippen LogP contribution is 2.29. The van der Waals surface area contributed by atoms with E-state index in [1.807, 2.05) is 18.2 Å². The Morgan fingerprint density at radius 1 is 1.31 bits per heavy atom. The molecule has 0 saturated carbocycles. The molecule has 1 saturated heterocycles. The van der Waals surface area contributed by atoms with Gasteiger partial charge in [0, 0.05) is 28.9 Å². The van der Waals surface area contributed by atoms with Crippen molar-refractivity contribution in [1.82, 2.24) is 25.8 Å². The van der Waals surface area contributed by atoms with Gasteiger partial charge in [-0.15, -0.1) is 11.3 Å². The molecule has 4 heterocycles. The van der Waals surface area contributed by atoms with Crippen LogP contribution in [0.4, 0.5) is 13.2 Å². The first-order valence-corrected chi connectivity index (χ1v) is 10.2. The van der Waals surface area contributed by atoms with Crippen LogP contribution in [0.25, 0.3) is 11.4 Å². The van der Waals surface area contributed by atoms with Gasteiger partial charge in [0.25, 0.3) is 5.91 Å². The van der Waals surface area contributed by atoms with Gasteiger partial charge >= 0.3 is 12.1 Å². The second kappa shape index (κ2) is 10.3. The zero-order valence-corrected chi connectivity index (χ0v) is 17.2. The van der Waals surface area contributed by atoms with Crippen LogP contribution in [0.5, 0.6) is 0 Å². The van der Waals surface area contributed by atoms with E-state index in [9.17, 15) is 18.0 Å². The Balaban J connectivity index is 0.000000360. The summed E-state index contributed by atoms with van der Waals surface area (Å²) in [7, 11) is 0. The predicted octanol–water partition coefficient (Wildman–Crippen LogP) is 3.18. The van der Waals surface area contributed by atoms with Crippen molar-refractivity contribution >= 4 is 23.2 Å². The maximum absolute atomic E-state index is 12.3. The number of halogens is 3. The summed E-state index contributed by atoms with van der Waals surface area (Å²) >= 11 is 1.53. The Labute approximate surface area is 183 Å². The van der Waals surface area contributed by atoms with Crippen LogP contribution in [0.1, 0.15) is 39.3 Å². The normalized spacial score (nSPS) is 15.7. The molecule has 1 atom stereocenters. The van der Waals surface area contributed by atoms with Crippen LogP contribution in [0.3, 0.4) is 0 Å². The largest absolute Gasteiger partial charge is 0.490 e. The Kier molecular flexibility index (Phi) is 7.53. The minimum Gasteiger partial charge on any atom is -0.475 e. The molecule has 1 aliphatic heterocycles. The lowest BCUT2D eigenvalue weighted by Crippen LogP contribution is -2.22. The van der Waals surface area contributed by atoms with E-state index < -0.39 is 12.1 Å². The lowest BCUT2D eigenvalue weighted by molar-refractivity contribution is -0.192. The lowest BCUT2D eigenvalue weighted by Gasteiger charge is -2.05. The summed E-state index contributed by atoms with van der Waals surface area (Å²) in [6, 6.07) is 7.93. The maximum Gasteiger partial charge on any atom is 0.490 e. The van der Waals surface area contributed by atoms with E-state index in [2.05, 4.69) is 25.8 Å². The van der Waals surface area contributed by atoms with Gasteiger partial charge < -0.3 is 20.3 Å². The number of alkyl halides is 3. The summed E-state index contributed by atoms with van der Waals surface area (Å²) < 4.78 is 36.9. The van der Waals surface area contributed by atoms with Gasteiger partial charge in [0.2, 0.25) is 11.7 Å². The molecular weight excluding hydrogens is 451 g/mol. The number of hydrogen-bond acceptors (Lipinski definition) is 8. The molecule has 4 rings (SSSR count). The Morgan fingerprint density at radius 2 is 2.09 bits per heavy atom. The standard InChI is InChI=1S/C17H17N5O2S.C2HF3O2/c23-17(14-6-5-13(25-14)12-4-2-8-19-12)20-10-15-21-16(22-24-15)11-3-1-7-18-9-11;3-2(4,5)1(6)7/h1,3,5-7,9,12,19H,2,4,8,10H2,(H,20,23);(H,6,7). The van der Waals surface area contributed by atoms with Gasteiger partial charge in [-0.25, -0.2) is 4.79 Å². The molecule has 3 aromatic heterocycles. The quantitative estimate of drug-likeness (QED) is 0.520. The van der Waals surface area contributed by atoms with Crippen LogP contribution in [0.2, 0.25) is 0 Å². The summed E-state index contributed by atoms with van der Waals surface area (Å²) in [5.41, 5.74) is 0.774. The minimum atomic E-state index is -5.08. The van der Waals surface area contributed by atoms with E-state index >= 15 is 0 Å². The number of aromatic nitrogens is 3. The number of pyridine rings is 1. The molecule has 9 nitrogen and oxygen atoms in total. The Bertz CT molecular complexity index is 1050. The third-order valence-electron chi connectivity index (χ3n) is 4.28. The highest BCUT2D eigenvalue weighted by atomic mass is 32.1. The first-order valence-electron chi connectivity index (χ1n) is 9.38. The molecule has 1 amide bonds. The topological polar surface area (TPSA) is 130 Å². The zero-order valence-electron chi connectivity index (χ0n) is 16.4. The van der Waals surface area contributed by atoms with E-state index in [0.29, 0.717) is 22.6 Å². The third kappa shape index (κ3) is 6.34. The molecular formula is C19H18F3N5O4S. The molecule has 3 aromatic rings. The number of carboxylic acids is 1. The smallest absolute Gasteiger partial charge is 0.475 e. The molecule has 0 bridgehead atoms. The minimum absolute atomic E-state index is 0.129. The number of carbonyl (C=O) groups excluding carboxylic acids is 1. The fourth-order valence-electron chi connectivity index (χ4n) is 2.77. The van der Waals surface area contributed by atoms with Crippen molar-refractivity contribution < 1.29 is 32.4 Å². The highest BCUT2D eigenvalue weighted by molar-refractivity contribution is 7.14. The summed E-state index contributed by atoms with van der Waals surface area (Å²) in [5, 5.41) is 17.3. The van der Waals surface area contributed by atoms with Crippen LogP contribution in [0.15, 0.2) is 41.2 Å². The number of carboxylic acid groups (broad SMARTS) is 1. The van der Waals surface area contributed by atoms with Crippen LogP contribution >= 0.6 is 11.3 Å². The molecule has 0 radical (unpaired) electrons. The zero-order chi connectivity index (χ0) is 23.1. The van der Waals surface area contributed by atoms with Gasteiger partial charge in [-0.2, -0.15) is 18.2 Å². The number of hydrogen-bond donors (Lipinski definition) is 3. The number of amides is 1. The molecule has 170 valence electrons. The Morgan fingerprint density at radius 3 is 2.72 bits per heavy atom. The summed E-state index contributed by atoms with van der Waals surface area (Å²) in [6.45, 7) is 1.24. The molecule has 1 aliphatic rings. The Hall–Kier alpha value is -3.32. The van der Waals surface area contributed by atoms with Gasteiger partial charge in [0.1, 0.15) is 0 Å². The predicted molar refractivity (Wildman–Crippen MR) is 107 cm³/mol. The molecule has 0 aliphatic carbocycles. The average molecular weight is 469 g/mol. The van der Waals surface area contributed by atoms with Crippen LogP contribution in [-0.2, 0) is 11.3 Å². The van der Waals surface area contributed by atoms with Crippen molar-refractivity contribution in [1.29, 1.82) is 0 Å². The summed E-state index contributed by atoms with van der Waals surface area (Å²) in [5.74, 6) is -2.06. The van der Waals surface area contributed by atoms with Crippen LogP contribution < -0.4 is 10.6 Å². The van der Waals surface area contributed by atoms with E-state index in [1.54, 1.807) is 18.5 Å². The van der Waals surface area contributed by atoms with Crippen LogP contribution in [0, 0.1) is 0 Å². The monoisotopic (exact) mass is 469 g/mol. The second-order valence-electron chi connectivity index (χ2n) is 6.59. The van der Waals surface area contributed by atoms with E-state index in [1.165, 1.54) is 22.6 Å². The first-order chi connectivity index (χ1) is 15.2. The van der Waals surface area contributed by atoms with Gasteiger partial charge in [-0.1, -0.05) is 5.16 Å². The fourth-order valence-corrected chi connectivity index (χ4v) is 3.81. The molecule has 3 N–H and O–H groups in total. The van der Waals surface area contributed by atoms with Gasteiger partial charge in [0.15, 0.2) is 0 Å². The van der Waals surface area contributed by atoms with Crippen molar-refractivity contribution in [2.45, 2.75) is 31.6 Å². The molecule has 32 heavy (non-hydrogen) atoms. The van der Waals surface area contributed by atoms with E-state index in [0.717, 1.165) is 18.5 Å². The molecule has 1 unspecified atom stereocenters. The SMILES string of the molecule is O=C(NCc1nc(-c2cccnc2)no1)c1ccc(C2CCCN2)s1.O=C(O)C(F)(F)F. The summed E-state index contributed by atoms with van der Waals surface area (Å²) in [6.07, 6.45) is 0.569. The lowest BCUT2D eigenvalue weighted by atomic mass is 10.2.